The van der Waals surface area contributed by atoms with Gasteiger partial charge in [-0.1, -0.05) is 13.8 Å². The van der Waals surface area contributed by atoms with Gasteiger partial charge >= 0.3 is 0 Å². The van der Waals surface area contributed by atoms with E-state index in [-0.39, 0.29) is 36.6 Å². The summed E-state index contributed by atoms with van der Waals surface area (Å²) in [5.41, 5.74) is 1.08. The molecular weight excluding hydrogens is 305 g/mol. The number of nitrogens with zero attached hydrogens (tertiary/aromatic N) is 1. The molecule has 0 fully saturated rings. The van der Waals surface area contributed by atoms with Crippen LogP contribution < -0.4 is 10.6 Å². The maximum Gasteiger partial charge on any atom is 0.224 e. The fourth-order valence-electron chi connectivity index (χ4n) is 1.51. The van der Waals surface area contributed by atoms with Gasteiger partial charge in [0.1, 0.15) is 0 Å². The lowest BCUT2D eigenvalue weighted by molar-refractivity contribution is -0.124. The normalized spacial score (nSPS) is 11.1. The molecule has 0 aliphatic rings. The summed E-state index contributed by atoms with van der Waals surface area (Å²) in [6.45, 7) is 5.40. The Bertz CT molecular complexity index is 360. The highest BCUT2D eigenvalue weighted by atomic mass is 35.5. The van der Waals surface area contributed by atoms with Crippen LogP contribution in [0.3, 0.4) is 0 Å². The van der Waals surface area contributed by atoms with E-state index in [0.29, 0.717) is 13.1 Å². The lowest BCUT2D eigenvalue weighted by Crippen LogP contribution is -2.35. The van der Waals surface area contributed by atoms with Gasteiger partial charge in [-0.05, 0) is 13.5 Å². The molecule has 0 aromatic carbocycles. The Kier molecular flexibility index (Phi) is 12.6. The maximum absolute atomic E-state index is 11.6. The highest BCUT2D eigenvalue weighted by Crippen LogP contribution is 2.10. The number of aromatic nitrogens is 1. The number of carbonyl (C=O) groups is 1. The van der Waals surface area contributed by atoms with Crippen molar-refractivity contribution in [2.24, 2.45) is 5.92 Å². The molecule has 1 atom stereocenters. The summed E-state index contributed by atoms with van der Waals surface area (Å²) in [4.78, 5) is 16.1. The second kappa shape index (κ2) is 11.5. The van der Waals surface area contributed by atoms with Gasteiger partial charge < -0.3 is 10.6 Å². The lowest BCUT2D eigenvalue weighted by atomic mass is 10.1. The van der Waals surface area contributed by atoms with Crippen molar-refractivity contribution in [2.45, 2.75) is 26.7 Å². The van der Waals surface area contributed by atoms with Gasteiger partial charge in [0.25, 0.3) is 0 Å². The average molecular weight is 328 g/mol. The summed E-state index contributed by atoms with van der Waals surface area (Å²) in [6.07, 6.45) is 1.80. The van der Waals surface area contributed by atoms with Crippen LogP contribution in [0.15, 0.2) is 5.38 Å². The standard InChI is InChI=1S/C12H21N3OS.2ClH/c1-4-11-15-10(8-17-11)5-6-14-12(16)9(2)7-13-3;;/h8-9,13H,4-7H2,1-3H3,(H,14,16);2*1H. The van der Waals surface area contributed by atoms with Crippen molar-refractivity contribution in [3.8, 4) is 0 Å². The third-order valence-electron chi connectivity index (χ3n) is 2.54. The number of hydrogen-bond donors (Lipinski definition) is 2. The minimum absolute atomic E-state index is 0. The maximum atomic E-state index is 11.6. The molecule has 1 aromatic rings. The molecule has 1 heterocycles. The average Bonchev–Trinajstić information content (AvgIpc) is 2.77. The minimum atomic E-state index is 0. The van der Waals surface area contributed by atoms with Crippen LogP contribution in [0.2, 0.25) is 0 Å². The van der Waals surface area contributed by atoms with E-state index < -0.39 is 0 Å². The van der Waals surface area contributed by atoms with Crippen molar-refractivity contribution < 1.29 is 4.79 Å². The summed E-state index contributed by atoms with van der Waals surface area (Å²) < 4.78 is 0. The first-order valence-corrected chi connectivity index (χ1v) is 6.91. The molecule has 1 unspecified atom stereocenters. The third kappa shape index (κ3) is 7.72. The van der Waals surface area contributed by atoms with Crippen molar-refractivity contribution in [2.75, 3.05) is 20.1 Å². The molecule has 0 saturated heterocycles. The van der Waals surface area contributed by atoms with E-state index >= 15 is 0 Å². The number of hydrogen-bond acceptors (Lipinski definition) is 4. The number of amides is 1. The summed E-state index contributed by atoms with van der Waals surface area (Å²) in [6, 6.07) is 0. The molecule has 0 aliphatic carbocycles. The number of aryl methyl sites for hydroxylation is 1. The zero-order valence-electron chi connectivity index (χ0n) is 11.6. The molecule has 1 rings (SSSR count). The Labute approximate surface area is 131 Å². The first kappa shape index (κ1) is 20.9. The third-order valence-corrected chi connectivity index (χ3v) is 3.58. The van der Waals surface area contributed by atoms with E-state index in [1.165, 1.54) is 0 Å². The predicted molar refractivity (Wildman–Crippen MR) is 85.8 cm³/mol. The fraction of sp³-hybridized carbons (Fsp3) is 0.667. The van der Waals surface area contributed by atoms with Gasteiger partial charge in [-0.25, -0.2) is 4.98 Å². The lowest BCUT2D eigenvalue weighted by Gasteiger charge is -2.10. The van der Waals surface area contributed by atoms with Gasteiger partial charge in [0.05, 0.1) is 10.7 Å². The Morgan fingerprint density at radius 3 is 2.68 bits per heavy atom. The van der Waals surface area contributed by atoms with Gasteiger partial charge in [-0.15, -0.1) is 36.2 Å². The predicted octanol–water partition coefficient (Wildman–Crippen LogP) is 2.06. The van der Waals surface area contributed by atoms with E-state index in [1.54, 1.807) is 11.3 Å². The Morgan fingerprint density at radius 2 is 2.16 bits per heavy atom. The van der Waals surface area contributed by atoms with Crippen LogP contribution in [0.4, 0.5) is 0 Å². The monoisotopic (exact) mass is 327 g/mol. The highest BCUT2D eigenvalue weighted by Gasteiger charge is 2.10. The van der Waals surface area contributed by atoms with Crippen LogP contribution in [0.1, 0.15) is 24.5 Å². The molecule has 0 saturated carbocycles. The Balaban J connectivity index is 0. The second-order valence-corrected chi connectivity index (χ2v) is 5.03. The molecule has 112 valence electrons. The molecular formula is C12H23Cl2N3OS. The summed E-state index contributed by atoms with van der Waals surface area (Å²) in [7, 11) is 1.85. The van der Waals surface area contributed by atoms with Gasteiger partial charge in [0, 0.05) is 30.8 Å². The number of thiazole rings is 1. The SMILES string of the molecule is CCc1nc(CCNC(=O)C(C)CNC)cs1.Cl.Cl. The number of halogens is 2. The molecule has 19 heavy (non-hydrogen) atoms. The van der Waals surface area contributed by atoms with Crippen molar-refractivity contribution in [1.82, 2.24) is 15.6 Å². The largest absolute Gasteiger partial charge is 0.355 e. The van der Waals surface area contributed by atoms with Gasteiger partial charge in [-0.2, -0.15) is 0 Å². The van der Waals surface area contributed by atoms with E-state index in [4.69, 9.17) is 0 Å². The quantitative estimate of drug-likeness (QED) is 0.806. The topological polar surface area (TPSA) is 54.0 Å². The summed E-state index contributed by atoms with van der Waals surface area (Å²) in [5.74, 6) is 0.118. The van der Waals surface area contributed by atoms with E-state index in [0.717, 1.165) is 23.5 Å². The number of rotatable bonds is 7. The molecule has 0 aliphatic heterocycles. The number of nitrogens with one attached hydrogen (secondary N) is 2. The first-order valence-electron chi connectivity index (χ1n) is 6.03. The Hall–Kier alpha value is -0.360. The minimum Gasteiger partial charge on any atom is -0.355 e. The first-order chi connectivity index (χ1) is 8.17. The summed E-state index contributed by atoms with van der Waals surface area (Å²) >= 11 is 1.69. The van der Waals surface area contributed by atoms with Crippen LogP contribution in [0, 0.1) is 5.92 Å². The van der Waals surface area contributed by atoms with Crippen LogP contribution in [0.25, 0.3) is 0 Å². The molecule has 7 heteroatoms. The molecule has 0 spiro atoms. The van der Waals surface area contributed by atoms with Crippen LogP contribution >= 0.6 is 36.2 Å². The molecule has 4 nitrogen and oxygen atoms in total. The second-order valence-electron chi connectivity index (χ2n) is 4.09. The molecule has 1 aromatic heterocycles. The molecule has 0 radical (unpaired) electrons. The zero-order chi connectivity index (χ0) is 12.7. The zero-order valence-corrected chi connectivity index (χ0v) is 14.0. The van der Waals surface area contributed by atoms with Crippen molar-refractivity contribution >= 4 is 42.1 Å². The van der Waals surface area contributed by atoms with Crippen LogP contribution in [-0.2, 0) is 17.6 Å². The van der Waals surface area contributed by atoms with Crippen LogP contribution in [0.5, 0.6) is 0 Å². The highest BCUT2D eigenvalue weighted by molar-refractivity contribution is 7.09. The molecule has 2 N–H and O–H groups in total. The molecule has 1 amide bonds. The van der Waals surface area contributed by atoms with E-state index in [1.807, 2.05) is 14.0 Å². The van der Waals surface area contributed by atoms with Crippen molar-refractivity contribution in [3.63, 3.8) is 0 Å². The van der Waals surface area contributed by atoms with Crippen molar-refractivity contribution in [3.05, 3.63) is 16.1 Å². The van der Waals surface area contributed by atoms with Gasteiger partial charge in [0.2, 0.25) is 5.91 Å². The fourth-order valence-corrected chi connectivity index (χ4v) is 2.29. The van der Waals surface area contributed by atoms with E-state index in [2.05, 4.69) is 27.9 Å². The van der Waals surface area contributed by atoms with Gasteiger partial charge in [0.15, 0.2) is 0 Å². The van der Waals surface area contributed by atoms with E-state index in [9.17, 15) is 4.79 Å². The molecule has 0 bridgehead atoms. The Morgan fingerprint density at radius 1 is 1.47 bits per heavy atom. The summed E-state index contributed by atoms with van der Waals surface area (Å²) in [5, 5.41) is 9.16. The van der Waals surface area contributed by atoms with Crippen LogP contribution in [-0.4, -0.2) is 31.0 Å². The smallest absolute Gasteiger partial charge is 0.224 e. The van der Waals surface area contributed by atoms with Gasteiger partial charge in [-0.3, -0.25) is 4.79 Å². The number of carbonyl (C=O) groups excluding carboxylic acids is 1. The van der Waals surface area contributed by atoms with Crippen molar-refractivity contribution in [1.29, 1.82) is 0 Å².